The van der Waals surface area contributed by atoms with Crippen molar-refractivity contribution in [3.8, 4) is 5.75 Å². The van der Waals surface area contributed by atoms with E-state index in [1.807, 2.05) is 0 Å². The van der Waals surface area contributed by atoms with Gasteiger partial charge in [-0.15, -0.1) is 0 Å². The van der Waals surface area contributed by atoms with E-state index in [4.69, 9.17) is 10.5 Å². The van der Waals surface area contributed by atoms with Gasteiger partial charge in [-0.25, -0.2) is 0 Å². The van der Waals surface area contributed by atoms with E-state index in [-0.39, 0.29) is 6.04 Å². The normalized spacial score (nSPS) is 28.9. The zero-order valence-corrected chi connectivity index (χ0v) is 12.4. The summed E-state index contributed by atoms with van der Waals surface area (Å²) >= 11 is 0. The molecule has 0 aliphatic heterocycles. The minimum Gasteiger partial charge on any atom is -0.490 e. The van der Waals surface area contributed by atoms with Crippen molar-refractivity contribution in [2.75, 3.05) is 0 Å². The molecule has 0 radical (unpaired) electrons. The summed E-state index contributed by atoms with van der Waals surface area (Å²) in [6.45, 7) is 6.80. The summed E-state index contributed by atoms with van der Waals surface area (Å²) < 4.78 is 6.15. The molecule has 0 amide bonds. The molecule has 0 heterocycles. The van der Waals surface area contributed by atoms with E-state index in [0.29, 0.717) is 6.10 Å². The van der Waals surface area contributed by atoms with E-state index >= 15 is 0 Å². The molecule has 1 saturated carbocycles. The maximum Gasteiger partial charge on any atom is 0.120 e. The third kappa shape index (κ3) is 3.73. The Kier molecular flexibility index (Phi) is 4.87. The van der Waals surface area contributed by atoms with E-state index in [2.05, 4.69) is 45.0 Å². The zero-order valence-electron chi connectivity index (χ0n) is 12.4. The molecule has 106 valence electrons. The van der Waals surface area contributed by atoms with Crippen molar-refractivity contribution in [2.24, 2.45) is 17.6 Å². The van der Waals surface area contributed by atoms with Gasteiger partial charge >= 0.3 is 0 Å². The first-order valence-corrected chi connectivity index (χ1v) is 7.62. The highest BCUT2D eigenvalue weighted by atomic mass is 16.5. The van der Waals surface area contributed by atoms with E-state index < -0.39 is 0 Å². The Morgan fingerprint density at radius 1 is 1.26 bits per heavy atom. The van der Waals surface area contributed by atoms with Crippen molar-refractivity contribution in [1.82, 2.24) is 0 Å². The summed E-state index contributed by atoms with van der Waals surface area (Å²) in [6.07, 6.45) is 4.96. The number of nitrogens with two attached hydrogens (primary N) is 1. The monoisotopic (exact) mass is 261 g/mol. The van der Waals surface area contributed by atoms with Gasteiger partial charge in [0.2, 0.25) is 0 Å². The van der Waals surface area contributed by atoms with Gasteiger partial charge in [-0.3, -0.25) is 0 Å². The Bertz CT molecular complexity index is 404. The van der Waals surface area contributed by atoms with Gasteiger partial charge in [0.1, 0.15) is 5.75 Å². The maximum absolute atomic E-state index is 6.15. The predicted octanol–water partition coefficient (Wildman–Crippen LogP) is 4.30. The molecule has 1 aromatic carbocycles. The van der Waals surface area contributed by atoms with Crippen molar-refractivity contribution in [3.05, 3.63) is 29.8 Å². The van der Waals surface area contributed by atoms with Crippen LogP contribution in [-0.2, 0) is 0 Å². The molecule has 4 unspecified atom stereocenters. The fourth-order valence-corrected chi connectivity index (χ4v) is 2.85. The molecule has 2 heteroatoms. The minimum absolute atomic E-state index is 0.119. The van der Waals surface area contributed by atoms with Gasteiger partial charge < -0.3 is 10.5 Å². The highest BCUT2D eigenvalue weighted by Gasteiger charge is 2.25. The number of hydrogen-bond acceptors (Lipinski definition) is 2. The molecule has 0 saturated heterocycles. The van der Waals surface area contributed by atoms with Crippen molar-refractivity contribution in [2.45, 2.75) is 58.6 Å². The number of ether oxygens (including phenoxy) is 1. The Morgan fingerprint density at radius 2 is 2.05 bits per heavy atom. The van der Waals surface area contributed by atoms with Crippen molar-refractivity contribution >= 4 is 0 Å². The molecule has 0 bridgehead atoms. The Labute approximate surface area is 117 Å². The molecular weight excluding hydrogens is 234 g/mol. The first kappa shape index (κ1) is 14.4. The summed E-state index contributed by atoms with van der Waals surface area (Å²) in [7, 11) is 0. The first-order chi connectivity index (χ1) is 9.10. The molecule has 2 nitrogen and oxygen atoms in total. The van der Waals surface area contributed by atoms with E-state index in [9.17, 15) is 0 Å². The maximum atomic E-state index is 6.15. The van der Waals surface area contributed by atoms with Crippen LogP contribution in [0.15, 0.2) is 24.3 Å². The fourth-order valence-electron chi connectivity index (χ4n) is 2.85. The molecule has 0 spiro atoms. The highest BCUT2D eigenvalue weighted by Crippen LogP contribution is 2.32. The van der Waals surface area contributed by atoms with Crippen LogP contribution in [0.25, 0.3) is 0 Å². The van der Waals surface area contributed by atoms with Gasteiger partial charge in [0.25, 0.3) is 0 Å². The molecule has 2 N–H and O–H groups in total. The van der Waals surface area contributed by atoms with E-state index in [0.717, 1.165) is 24.0 Å². The van der Waals surface area contributed by atoms with Gasteiger partial charge in [0.15, 0.2) is 0 Å². The zero-order chi connectivity index (χ0) is 13.8. The first-order valence-electron chi connectivity index (χ1n) is 7.62. The van der Waals surface area contributed by atoms with Crippen molar-refractivity contribution < 1.29 is 4.74 Å². The Morgan fingerprint density at radius 3 is 2.74 bits per heavy atom. The lowest BCUT2D eigenvalue weighted by Gasteiger charge is -2.32. The van der Waals surface area contributed by atoms with Crippen molar-refractivity contribution in [1.29, 1.82) is 0 Å². The molecule has 2 rings (SSSR count). The summed E-state index contributed by atoms with van der Waals surface area (Å²) in [5.41, 5.74) is 7.26. The average Bonchev–Trinajstić information content (AvgIpc) is 2.42. The van der Waals surface area contributed by atoms with E-state index in [1.165, 1.54) is 24.8 Å². The molecule has 1 aromatic rings. The largest absolute Gasteiger partial charge is 0.490 e. The number of benzene rings is 1. The molecule has 0 aromatic heterocycles. The second kappa shape index (κ2) is 6.42. The lowest BCUT2D eigenvalue weighted by molar-refractivity contribution is 0.100. The SMILES string of the molecule is CCC(N)c1cccc(OC2CCC(C)C(C)C2)c1. The summed E-state index contributed by atoms with van der Waals surface area (Å²) in [5.74, 6) is 2.58. The average molecular weight is 261 g/mol. The van der Waals surface area contributed by atoms with Crippen molar-refractivity contribution in [3.63, 3.8) is 0 Å². The van der Waals surface area contributed by atoms with Gasteiger partial charge in [0, 0.05) is 6.04 Å². The fraction of sp³-hybridized carbons (Fsp3) is 0.647. The number of rotatable bonds is 4. The van der Waals surface area contributed by atoms with Crippen LogP contribution in [0.3, 0.4) is 0 Å². The molecule has 19 heavy (non-hydrogen) atoms. The Balaban J connectivity index is 1.99. The van der Waals surface area contributed by atoms with E-state index in [1.54, 1.807) is 0 Å². The van der Waals surface area contributed by atoms with Crippen LogP contribution in [-0.4, -0.2) is 6.10 Å². The Hall–Kier alpha value is -1.02. The predicted molar refractivity (Wildman–Crippen MR) is 80.3 cm³/mol. The van der Waals surface area contributed by atoms with Crippen LogP contribution in [0.2, 0.25) is 0 Å². The molecule has 1 aliphatic carbocycles. The van der Waals surface area contributed by atoms with Crippen LogP contribution >= 0.6 is 0 Å². The summed E-state index contributed by atoms with van der Waals surface area (Å²) in [4.78, 5) is 0. The van der Waals surface area contributed by atoms with Crippen LogP contribution < -0.4 is 10.5 Å². The van der Waals surface area contributed by atoms with Crippen LogP contribution in [0, 0.1) is 11.8 Å². The topological polar surface area (TPSA) is 35.2 Å². The van der Waals surface area contributed by atoms with Gasteiger partial charge in [-0.2, -0.15) is 0 Å². The second-order valence-electron chi connectivity index (χ2n) is 6.09. The molecule has 1 aliphatic rings. The summed E-state index contributed by atoms with van der Waals surface area (Å²) in [6, 6.07) is 8.42. The molecular formula is C17H27NO. The summed E-state index contributed by atoms with van der Waals surface area (Å²) in [5, 5.41) is 0. The third-order valence-corrected chi connectivity index (χ3v) is 4.58. The van der Waals surface area contributed by atoms with Crippen LogP contribution in [0.1, 0.15) is 58.1 Å². The molecule has 4 atom stereocenters. The smallest absolute Gasteiger partial charge is 0.120 e. The lowest BCUT2D eigenvalue weighted by Crippen LogP contribution is -2.28. The second-order valence-corrected chi connectivity index (χ2v) is 6.09. The molecule has 1 fully saturated rings. The lowest BCUT2D eigenvalue weighted by atomic mass is 9.80. The van der Waals surface area contributed by atoms with Gasteiger partial charge in [-0.1, -0.05) is 32.9 Å². The standard InChI is InChI=1S/C17H27NO/c1-4-17(18)14-6-5-7-15(11-14)19-16-9-8-12(2)13(3)10-16/h5-7,11-13,16-17H,4,8-10,18H2,1-3H3. The quantitative estimate of drug-likeness (QED) is 0.877. The van der Waals surface area contributed by atoms with Crippen LogP contribution in [0.4, 0.5) is 0 Å². The third-order valence-electron chi connectivity index (χ3n) is 4.58. The number of hydrogen-bond donors (Lipinski definition) is 1. The minimum atomic E-state index is 0.119. The van der Waals surface area contributed by atoms with Gasteiger partial charge in [0.05, 0.1) is 6.10 Å². The van der Waals surface area contributed by atoms with Crippen LogP contribution in [0.5, 0.6) is 5.75 Å². The highest BCUT2D eigenvalue weighted by molar-refractivity contribution is 5.30. The van der Waals surface area contributed by atoms with Gasteiger partial charge in [-0.05, 0) is 55.2 Å².